The maximum absolute atomic E-state index is 12.9. The van der Waals surface area contributed by atoms with Crippen molar-refractivity contribution in [1.82, 2.24) is 0 Å². The molecule has 0 amide bonds. The van der Waals surface area contributed by atoms with E-state index in [2.05, 4.69) is 15.2 Å². The largest absolute Gasteiger partial charge is 0.504 e. The summed E-state index contributed by atoms with van der Waals surface area (Å²) in [6.07, 6.45) is 1.27. The van der Waals surface area contributed by atoms with Gasteiger partial charge < -0.3 is 10.2 Å². The van der Waals surface area contributed by atoms with Crippen molar-refractivity contribution in [3.05, 3.63) is 81.4 Å². The number of phenolic OH excluding ortho intramolecular Hbond substituents is 2. The number of hydrazone groups is 1. The van der Waals surface area contributed by atoms with Gasteiger partial charge in [-0.25, -0.2) is 8.42 Å². The first-order chi connectivity index (χ1) is 14.7. The van der Waals surface area contributed by atoms with Crippen LogP contribution in [0.5, 0.6) is 11.5 Å². The highest BCUT2D eigenvalue weighted by molar-refractivity contribution is 7.92. The van der Waals surface area contributed by atoms with Crippen molar-refractivity contribution in [2.45, 2.75) is 4.90 Å². The molecule has 31 heavy (non-hydrogen) atoms. The molecule has 12 heteroatoms. The lowest BCUT2D eigenvalue weighted by molar-refractivity contribution is -0.385. The quantitative estimate of drug-likeness (QED) is 0.179. The zero-order valence-corrected chi connectivity index (χ0v) is 17.1. The number of rotatable bonds is 7. The molecule has 0 spiro atoms. The number of sulfonamides is 1. The fraction of sp³-hybridized carbons (Fsp3) is 0. The van der Waals surface area contributed by atoms with Crippen molar-refractivity contribution in [2.24, 2.45) is 5.10 Å². The van der Waals surface area contributed by atoms with E-state index in [0.717, 1.165) is 12.1 Å². The molecule has 0 aliphatic carbocycles. The summed E-state index contributed by atoms with van der Waals surface area (Å²) in [6.45, 7) is 0. The van der Waals surface area contributed by atoms with Crippen LogP contribution in [0.15, 0.2) is 70.7 Å². The first kappa shape index (κ1) is 21.9. The van der Waals surface area contributed by atoms with Crippen LogP contribution >= 0.6 is 11.6 Å². The molecule has 0 aliphatic heterocycles. The number of nitrogens with one attached hydrogen (secondary N) is 2. The van der Waals surface area contributed by atoms with Crippen LogP contribution in [0.1, 0.15) is 5.56 Å². The number of nitro benzene ring substituents is 1. The van der Waals surface area contributed by atoms with Crippen molar-refractivity contribution >= 4 is 44.9 Å². The summed E-state index contributed by atoms with van der Waals surface area (Å²) in [5.74, 6) is -0.656. The minimum Gasteiger partial charge on any atom is -0.504 e. The molecule has 0 fully saturated rings. The first-order valence-electron chi connectivity index (χ1n) is 8.53. The van der Waals surface area contributed by atoms with E-state index in [0.29, 0.717) is 10.6 Å². The van der Waals surface area contributed by atoms with E-state index in [9.17, 15) is 28.7 Å². The molecule has 0 saturated carbocycles. The number of aromatic hydroxyl groups is 2. The van der Waals surface area contributed by atoms with Gasteiger partial charge in [-0.05, 0) is 54.1 Å². The molecular weight excluding hydrogens is 448 g/mol. The molecule has 0 heterocycles. The molecular formula is C19H15ClN4O6S. The topological polar surface area (TPSA) is 154 Å². The van der Waals surface area contributed by atoms with Gasteiger partial charge in [-0.3, -0.25) is 20.3 Å². The van der Waals surface area contributed by atoms with Crippen LogP contribution in [0.4, 0.5) is 17.1 Å². The number of halogens is 1. The van der Waals surface area contributed by atoms with Crippen LogP contribution in [0.3, 0.4) is 0 Å². The Kier molecular flexibility index (Phi) is 6.28. The maximum atomic E-state index is 12.9. The third-order valence-corrected chi connectivity index (χ3v) is 5.63. The van der Waals surface area contributed by atoms with Crippen LogP contribution in [0.25, 0.3) is 0 Å². The van der Waals surface area contributed by atoms with Crippen LogP contribution in [0, 0.1) is 10.1 Å². The van der Waals surface area contributed by atoms with Crippen LogP contribution in [-0.2, 0) is 10.0 Å². The second-order valence-electron chi connectivity index (χ2n) is 6.17. The second kappa shape index (κ2) is 8.90. The van der Waals surface area contributed by atoms with Gasteiger partial charge in [0.1, 0.15) is 4.90 Å². The van der Waals surface area contributed by atoms with E-state index in [1.807, 2.05) is 0 Å². The lowest BCUT2D eigenvalue weighted by atomic mass is 10.2. The molecule has 0 unspecified atom stereocenters. The van der Waals surface area contributed by atoms with E-state index >= 15 is 0 Å². The predicted molar refractivity (Wildman–Crippen MR) is 116 cm³/mol. The highest BCUT2D eigenvalue weighted by Crippen LogP contribution is 2.29. The number of hydrogen-bond acceptors (Lipinski definition) is 8. The Hall–Kier alpha value is -3.83. The number of phenols is 2. The van der Waals surface area contributed by atoms with Crippen molar-refractivity contribution in [1.29, 1.82) is 0 Å². The van der Waals surface area contributed by atoms with Crippen LogP contribution in [-0.4, -0.2) is 29.8 Å². The standard InChI is InChI=1S/C19H15ClN4O6S/c20-13-2-4-14(5-3-13)23-31(29,30)19-10-15(24(27)28)6-7-16(19)22-21-11-12-1-8-17(25)18(26)9-12/h1-11,22-23,25-26H. The molecule has 0 saturated heterocycles. The zero-order valence-electron chi connectivity index (χ0n) is 15.6. The van der Waals surface area contributed by atoms with Gasteiger partial charge in [0, 0.05) is 22.8 Å². The molecule has 3 rings (SSSR count). The Morgan fingerprint density at radius 3 is 2.35 bits per heavy atom. The number of nitro groups is 1. The third-order valence-electron chi connectivity index (χ3n) is 3.96. The van der Waals surface area contributed by atoms with Gasteiger partial charge in [-0.2, -0.15) is 5.10 Å². The van der Waals surface area contributed by atoms with Gasteiger partial charge in [0.05, 0.1) is 16.8 Å². The molecule has 0 bridgehead atoms. The Morgan fingerprint density at radius 1 is 1.00 bits per heavy atom. The third kappa shape index (κ3) is 5.41. The SMILES string of the molecule is O=[N+]([O-])c1ccc(NN=Cc2ccc(O)c(O)c2)c(S(=O)(=O)Nc2ccc(Cl)cc2)c1. The minimum atomic E-state index is -4.23. The molecule has 3 aromatic carbocycles. The summed E-state index contributed by atoms with van der Waals surface area (Å²) in [4.78, 5) is 10.0. The minimum absolute atomic E-state index is 0.0219. The molecule has 0 radical (unpaired) electrons. The summed E-state index contributed by atoms with van der Waals surface area (Å²) in [5, 5.41) is 34.3. The molecule has 4 N–H and O–H groups in total. The Labute approximate surface area is 181 Å². The van der Waals surface area contributed by atoms with Gasteiger partial charge in [0.2, 0.25) is 0 Å². The van der Waals surface area contributed by atoms with Gasteiger partial charge in [0.15, 0.2) is 11.5 Å². The predicted octanol–water partition coefficient (Wildman–Crippen LogP) is 3.91. The Balaban J connectivity index is 1.92. The van der Waals surface area contributed by atoms with E-state index in [1.54, 1.807) is 0 Å². The van der Waals surface area contributed by atoms with Gasteiger partial charge in [-0.15, -0.1) is 0 Å². The van der Waals surface area contributed by atoms with Gasteiger partial charge in [0.25, 0.3) is 15.7 Å². The fourth-order valence-corrected chi connectivity index (χ4v) is 3.83. The maximum Gasteiger partial charge on any atom is 0.270 e. The number of anilines is 2. The summed E-state index contributed by atoms with van der Waals surface area (Å²) in [7, 11) is -4.23. The molecule has 0 aromatic heterocycles. The van der Waals surface area contributed by atoms with Crippen molar-refractivity contribution in [3.63, 3.8) is 0 Å². The second-order valence-corrected chi connectivity index (χ2v) is 8.26. The summed E-state index contributed by atoms with van der Waals surface area (Å²) < 4.78 is 28.1. The zero-order chi connectivity index (χ0) is 22.6. The number of benzene rings is 3. The van der Waals surface area contributed by atoms with Gasteiger partial charge >= 0.3 is 0 Å². The summed E-state index contributed by atoms with van der Waals surface area (Å²) in [6, 6.07) is 13.1. The lowest BCUT2D eigenvalue weighted by Gasteiger charge is -2.12. The Morgan fingerprint density at radius 2 is 1.71 bits per heavy atom. The Bertz CT molecular complexity index is 1260. The van der Waals surface area contributed by atoms with E-state index in [-0.39, 0.29) is 22.9 Å². The average molecular weight is 463 g/mol. The molecule has 0 aliphatic rings. The summed E-state index contributed by atoms with van der Waals surface area (Å²) in [5.41, 5.74) is 2.71. The monoisotopic (exact) mass is 462 g/mol. The number of hydrogen-bond donors (Lipinski definition) is 4. The fourth-order valence-electron chi connectivity index (χ4n) is 2.46. The van der Waals surface area contributed by atoms with Crippen molar-refractivity contribution in [3.8, 4) is 11.5 Å². The molecule has 10 nitrogen and oxygen atoms in total. The average Bonchev–Trinajstić information content (AvgIpc) is 2.72. The molecule has 160 valence electrons. The van der Waals surface area contributed by atoms with Crippen LogP contribution < -0.4 is 10.1 Å². The molecule has 3 aromatic rings. The summed E-state index contributed by atoms with van der Waals surface area (Å²) >= 11 is 5.80. The number of nitrogens with zero attached hydrogens (tertiary/aromatic N) is 2. The molecule has 0 atom stereocenters. The highest BCUT2D eigenvalue weighted by atomic mass is 35.5. The van der Waals surface area contributed by atoms with Gasteiger partial charge in [-0.1, -0.05) is 11.6 Å². The van der Waals surface area contributed by atoms with E-state index in [4.69, 9.17) is 11.6 Å². The lowest BCUT2D eigenvalue weighted by Crippen LogP contribution is -2.15. The van der Waals surface area contributed by atoms with Crippen molar-refractivity contribution in [2.75, 3.05) is 10.1 Å². The highest BCUT2D eigenvalue weighted by Gasteiger charge is 2.22. The van der Waals surface area contributed by atoms with E-state index < -0.39 is 25.5 Å². The van der Waals surface area contributed by atoms with Crippen molar-refractivity contribution < 1.29 is 23.6 Å². The van der Waals surface area contributed by atoms with Crippen LogP contribution in [0.2, 0.25) is 5.02 Å². The van der Waals surface area contributed by atoms with E-state index in [1.165, 1.54) is 54.7 Å². The first-order valence-corrected chi connectivity index (χ1v) is 10.4. The smallest absolute Gasteiger partial charge is 0.270 e. The number of non-ortho nitro benzene ring substituents is 1. The normalized spacial score (nSPS) is 11.4.